The van der Waals surface area contributed by atoms with E-state index >= 15 is 0 Å². The highest BCUT2D eigenvalue weighted by Crippen LogP contribution is 2.42. The molecule has 0 heterocycles. The van der Waals surface area contributed by atoms with Crippen molar-refractivity contribution < 1.29 is 9.84 Å². The first-order valence-corrected chi connectivity index (χ1v) is 6.50. The van der Waals surface area contributed by atoms with E-state index in [4.69, 9.17) is 16.3 Å². The molecule has 1 unspecified atom stereocenters. The van der Waals surface area contributed by atoms with E-state index in [0.29, 0.717) is 16.7 Å². The van der Waals surface area contributed by atoms with E-state index in [1.807, 2.05) is 0 Å². The van der Waals surface area contributed by atoms with Crippen molar-refractivity contribution in [3.05, 3.63) is 27.2 Å². The molecule has 0 bridgehead atoms. The van der Waals surface area contributed by atoms with Crippen molar-refractivity contribution in [2.24, 2.45) is 5.92 Å². The van der Waals surface area contributed by atoms with Crippen molar-refractivity contribution in [3.63, 3.8) is 0 Å². The molecule has 0 radical (unpaired) electrons. The van der Waals surface area contributed by atoms with Crippen LogP contribution in [0, 0.1) is 5.92 Å². The molecule has 2 nitrogen and oxygen atoms in total. The molecule has 1 atom stereocenters. The highest BCUT2D eigenvalue weighted by Gasteiger charge is 2.27. The Kier molecular flexibility index (Phi) is 3.77. The second-order valence-corrected chi connectivity index (χ2v) is 5.50. The Balaban J connectivity index is 2.28. The number of rotatable bonds is 4. The largest absolute Gasteiger partial charge is 0.495 e. The predicted octanol–water partition coefficient (Wildman–Crippen LogP) is 3.94. The average Bonchev–Trinajstić information content (AvgIpc) is 3.00. The molecule has 4 heteroatoms. The molecule has 1 aliphatic carbocycles. The summed E-state index contributed by atoms with van der Waals surface area (Å²) in [5, 5.41) is 10.7. The van der Waals surface area contributed by atoms with E-state index in [2.05, 4.69) is 15.9 Å². The van der Waals surface area contributed by atoms with E-state index in [9.17, 15) is 5.11 Å². The number of benzene rings is 1. The van der Waals surface area contributed by atoms with Crippen LogP contribution in [-0.2, 0) is 0 Å². The van der Waals surface area contributed by atoms with Crippen LogP contribution in [0.2, 0.25) is 5.02 Å². The van der Waals surface area contributed by atoms with Crippen LogP contribution < -0.4 is 4.74 Å². The molecule has 88 valence electrons. The number of aliphatic hydroxyl groups excluding tert-OH is 1. The van der Waals surface area contributed by atoms with Crippen LogP contribution in [-0.4, -0.2) is 12.2 Å². The van der Waals surface area contributed by atoms with Crippen molar-refractivity contribution in [3.8, 4) is 5.75 Å². The van der Waals surface area contributed by atoms with Gasteiger partial charge in [0.15, 0.2) is 0 Å². The fourth-order valence-corrected chi connectivity index (χ4v) is 2.84. The van der Waals surface area contributed by atoms with Crippen LogP contribution in [0.25, 0.3) is 0 Å². The Morgan fingerprint density at radius 2 is 2.25 bits per heavy atom. The minimum atomic E-state index is -0.488. The van der Waals surface area contributed by atoms with Crippen LogP contribution in [0.15, 0.2) is 16.6 Å². The first-order valence-electron chi connectivity index (χ1n) is 5.32. The first-order chi connectivity index (χ1) is 7.61. The molecule has 0 aromatic heterocycles. The van der Waals surface area contributed by atoms with Crippen molar-refractivity contribution in [2.75, 3.05) is 7.11 Å². The van der Waals surface area contributed by atoms with Crippen molar-refractivity contribution in [2.45, 2.75) is 25.4 Å². The lowest BCUT2D eigenvalue weighted by atomic mass is 10.0. The van der Waals surface area contributed by atoms with Gasteiger partial charge in [-0.25, -0.2) is 0 Å². The Bertz CT molecular complexity index is 391. The molecule has 0 saturated heterocycles. The summed E-state index contributed by atoms with van der Waals surface area (Å²) in [7, 11) is 1.60. The highest BCUT2D eigenvalue weighted by molar-refractivity contribution is 9.10. The Morgan fingerprint density at radius 3 is 2.81 bits per heavy atom. The molecule has 1 aromatic carbocycles. The maximum atomic E-state index is 10.1. The monoisotopic (exact) mass is 304 g/mol. The van der Waals surface area contributed by atoms with Gasteiger partial charge >= 0.3 is 0 Å². The zero-order valence-corrected chi connectivity index (χ0v) is 11.4. The second-order valence-electron chi connectivity index (χ2n) is 4.20. The third-order valence-corrected chi connectivity index (χ3v) is 3.66. The van der Waals surface area contributed by atoms with Gasteiger partial charge in [-0.1, -0.05) is 24.4 Å². The van der Waals surface area contributed by atoms with Gasteiger partial charge < -0.3 is 9.84 Å². The number of hydrogen-bond donors (Lipinski definition) is 1. The van der Waals surface area contributed by atoms with Gasteiger partial charge in [-0.2, -0.15) is 0 Å². The lowest BCUT2D eigenvalue weighted by Crippen LogP contribution is -2.02. The minimum absolute atomic E-state index is 0.488. The Hall–Kier alpha value is -0.250. The smallest absolute Gasteiger partial charge is 0.138 e. The maximum Gasteiger partial charge on any atom is 0.138 e. The predicted molar refractivity (Wildman–Crippen MR) is 68.0 cm³/mol. The molecule has 16 heavy (non-hydrogen) atoms. The topological polar surface area (TPSA) is 29.5 Å². The number of methoxy groups -OCH3 is 1. The van der Waals surface area contributed by atoms with Crippen molar-refractivity contribution >= 4 is 27.5 Å². The summed E-state index contributed by atoms with van der Waals surface area (Å²) >= 11 is 9.37. The fraction of sp³-hybridized carbons (Fsp3) is 0.500. The van der Waals surface area contributed by atoms with Gasteiger partial charge in [0.1, 0.15) is 5.75 Å². The summed E-state index contributed by atoms with van der Waals surface area (Å²) in [4.78, 5) is 0. The molecule has 2 rings (SSSR count). The summed E-state index contributed by atoms with van der Waals surface area (Å²) in [6.45, 7) is 0. The van der Waals surface area contributed by atoms with E-state index in [1.165, 1.54) is 12.8 Å². The second kappa shape index (κ2) is 4.94. The molecule has 1 fully saturated rings. The summed E-state index contributed by atoms with van der Waals surface area (Å²) in [5.41, 5.74) is 0.772. The van der Waals surface area contributed by atoms with Crippen molar-refractivity contribution in [1.82, 2.24) is 0 Å². The standard InChI is InChI=1S/C12H14BrClO2/c1-16-12-9(5-8(14)6-10(12)13)11(15)4-7-2-3-7/h5-7,11,15H,2-4H2,1H3. The molecule has 1 N–H and O–H groups in total. The summed E-state index contributed by atoms with van der Waals surface area (Å²) in [5.74, 6) is 1.34. The Morgan fingerprint density at radius 1 is 1.56 bits per heavy atom. The summed E-state index contributed by atoms with van der Waals surface area (Å²) in [6, 6.07) is 3.55. The number of halogens is 2. The molecule has 0 spiro atoms. The van der Waals surface area contributed by atoms with Gasteiger partial charge in [-0.15, -0.1) is 0 Å². The van der Waals surface area contributed by atoms with Crippen LogP contribution in [0.1, 0.15) is 30.9 Å². The lowest BCUT2D eigenvalue weighted by Gasteiger charge is -2.16. The normalized spacial score (nSPS) is 17.2. The summed E-state index contributed by atoms with van der Waals surface area (Å²) < 4.78 is 6.07. The van der Waals surface area contributed by atoms with E-state index in [0.717, 1.165) is 16.5 Å². The van der Waals surface area contributed by atoms with Gasteiger partial charge in [-0.3, -0.25) is 0 Å². The van der Waals surface area contributed by atoms with Crippen LogP contribution in [0.3, 0.4) is 0 Å². The Labute approximate surface area is 109 Å². The number of hydrogen-bond acceptors (Lipinski definition) is 2. The van der Waals surface area contributed by atoms with Crippen LogP contribution >= 0.6 is 27.5 Å². The van der Waals surface area contributed by atoms with Gasteiger partial charge in [0.05, 0.1) is 17.7 Å². The van der Waals surface area contributed by atoms with E-state index < -0.39 is 6.10 Å². The highest BCUT2D eigenvalue weighted by atomic mass is 79.9. The van der Waals surface area contributed by atoms with Gasteiger partial charge in [0, 0.05) is 10.6 Å². The van der Waals surface area contributed by atoms with Crippen LogP contribution in [0.4, 0.5) is 0 Å². The zero-order valence-electron chi connectivity index (χ0n) is 9.04. The van der Waals surface area contributed by atoms with Gasteiger partial charge in [-0.05, 0) is 40.4 Å². The van der Waals surface area contributed by atoms with E-state index in [-0.39, 0.29) is 0 Å². The number of aliphatic hydroxyl groups is 1. The SMILES string of the molecule is COc1c(Br)cc(Cl)cc1C(O)CC1CC1. The van der Waals surface area contributed by atoms with Crippen molar-refractivity contribution in [1.29, 1.82) is 0 Å². The average molecular weight is 306 g/mol. The maximum absolute atomic E-state index is 10.1. The lowest BCUT2D eigenvalue weighted by molar-refractivity contribution is 0.156. The minimum Gasteiger partial charge on any atom is -0.495 e. The zero-order chi connectivity index (χ0) is 11.7. The van der Waals surface area contributed by atoms with Crippen LogP contribution in [0.5, 0.6) is 5.75 Å². The molecule has 1 saturated carbocycles. The molecule has 1 aromatic rings. The molecular formula is C12H14BrClO2. The number of ether oxygens (including phenoxy) is 1. The quantitative estimate of drug-likeness (QED) is 0.913. The van der Waals surface area contributed by atoms with E-state index in [1.54, 1.807) is 19.2 Å². The first kappa shape index (κ1) is 12.2. The third-order valence-electron chi connectivity index (χ3n) is 2.85. The third kappa shape index (κ3) is 2.70. The van der Waals surface area contributed by atoms with Gasteiger partial charge in [0.2, 0.25) is 0 Å². The molecule has 0 aliphatic heterocycles. The fourth-order valence-electron chi connectivity index (χ4n) is 1.84. The molecule has 0 amide bonds. The summed E-state index contributed by atoms with van der Waals surface area (Å²) in [6.07, 6.45) is 2.75. The van der Waals surface area contributed by atoms with Gasteiger partial charge in [0.25, 0.3) is 0 Å². The molecule has 1 aliphatic rings. The molecular weight excluding hydrogens is 291 g/mol.